The summed E-state index contributed by atoms with van der Waals surface area (Å²) in [6.45, 7) is 6.91. The van der Waals surface area contributed by atoms with E-state index in [9.17, 15) is 58.2 Å². The van der Waals surface area contributed by atoms with Crippen LogP contribution in [-0.4, -0.2) is 142 Å². The summed E-state index contributed by atoms with van der Waals surface area (Å²) in [4.78, 5) is 129. The normalized spacial score (nSPS) is 15.1. The van der Waals surface area contributed by atoms with E-state index in [-0.39, 0.29) is 30.3 Å². The Balaban J connectivity index is 3.19. The molecular weight excluding hydrogens is 879 g/mol. The molecule has 0 saturated carbocycles. The zero-order valence-corrected chi connectivity index (χ0v) is 37.9. The highest BCUT2D eigenvalue weighted by molar-refractivity contribution is 7.80. The fraction of sp³-hybridized carbons (Fsp3) is 0.564. The summed E-state index contributed by atoms with van der Waals surface area (Å²) in [5, 5.41) is 40.3. The Kier molecular flexibility index (Phi) is 24.5. The lowest BCUT2D eigenvalue weighted by molar-refractivity contribution is -0.137. The number of aromatic hydroxyl groups is 1. The van der Waals surface area contributed by atoms with Crippen molar-refractivity contribution in [1.29, 1.82) is 0 Å². The van der Waals surface area contributed by atoms with Crippen molar-refractivity contribution in [1.82, 2.24) is 42.5 Å². The van der Waals surface area contributed by atoms with Crippen molar-refractivity contribution in [2.75, 3.05) is 18.8 Å². The molecule has 0 aliphatic heterocycles. The van der Waals surface area contributed by atoms with Crippen LogP contribution in [0.5, 0.6) is 5.75 Å². The first-order valence-electron chi connectivity index (χ1n) is 20.1. The number of aliphatic hydroxyl groups excluding tert-OH is 1. The Bertz CT molecular complexity index is 1840. The predicted octanol–water partition coefficient (Wildman–Crippen LogP) is -4.83. The molecule has 0 aliphatic carbocycles. The van der Waals surface area contributed by atoms with Gasteiger partial charge < -0.3 is 69.9 Å². The lowest BCUT2D eigenvalue weighted by Gasteiger charge is -2.30. The second-order valence-corrected chi connectivity index (χ2v) is 16.0. The van der Waals surface area contributed by atoms with Gasteiger partial charge in [0.15, 0.2) is 0 Å². The minimum Gasteiger partial charge on any atom is -0.508 e. The van der Waals surface area contributed by atoms with Crippen molar-refractivity contribution in [3.63, 3.8) is 0 Å². The Morgan fingerprint density at radius 1 is 0.672 bits per heavy atom. The number of carbonyl (C=O) groups excluding carboxylic acids is 10. The fourth-order valence-corrected chi connectivity index (χ4v) is 6.07. The number of hydrogen-bond donors (Lipinski definition) is 14. The maximum absolute atomic E-state index is 13.8. The number of aliphatic hydroxyl groups is 1. The highest BCUT2D eigenvalue weighted by atomic mass is 32.1. The smallest absolute Gasteiger partial charge is 0.245 e. The van der Waals surface area contributed by atoms with Gasteiger partial charge in [0.05, 0.1) is 25.6 Å². The molecule has 25 heteroatoms. The van der Waals surface area contributed by atoms with Crippen molar-refractivity contribution in [2.45, 2.75) is 109 Å². The predicted molar refractivity (Wildman–Crippen MR) is 238 cm³/mol. The summed E-state index contributed by atoms with van der Waals surface area (Å²) >= 11 is 8.84. The Morgan fingerprint density at radius 3 is 1.70 bits per heavy atom. The van der Waals surface area contributed by atoms with E-state index in [1.165, 1.54) is 24.3 Å². The number of nitrogens with one attached hydrogen (secondary N) is 8. The quantitative estimate of drug-likeness (QED) is 0.0277. The molecule has 0 spiro atoms. The van der Waals surface area contributed by atoms with Gasteiger partial charge >= 0.3 is 0 Å². The van der Waals surface area contributed by atoms with E-state index in [4.69, 9.17) is 29.4 Å². The molecule has 1 rings (SSSR count). The molecule has 1 aromatic rings. The molecule has 0 bridgehead atoms. The van der Waals surface area contributed by atoms with E-state index in [1.54, 1.807) is 27.7 Å². The number of amides is 10. The maximum Gasteiger partial charge on any atom is 0.245 e. The van der Waals surface area contributed by atoms with Gasteiger partial charge in [0.1, 0.15) is 48.0 Å². The van der Waals surface area contributed by atoms with E-state index in [0.29, 0.717) is 12.0 Å². The molecule has 1 aromatic carbocycles. The molecule has 0 aliphatic rings. The van der Waals surface area contributed by atoms with E-state index in [1.807, 2.05) is 0 Å². The average Bonchev–Trinajstić information content (AvgIpc) is 3.23. The number of rotatable bonds is 28. The van der Waals surface area contributed by atoms with Crippen molar-refractivity contribution < 1.29 is 58.2 Å². The fourth-order valence-electron chi connectivity index (χ4n) is 5.69. The van der Waals surface area contributed by atoms with Crippen molar-refractivity contribution >= 4 is 89.3 Å². The van der Waals surface area contributed by atoms with Gasteiger partial charge in [-0.05, 0) is 42.9 Å². The lowest BCUT2D eigenvalue weighted by atomic mass is 9.96. The Labute approximate surface area is 381 Å². The van der Waals surface area contributed by atoms with Gasteiger partial charge in [0.2, 0.25) is 59.1 Å². The number of phenols is 1. The zero-order chi connectivity index (χ0) is 48.8. The van der Waals surface area contributed by atoms with Gasteiger partial charge in [0, 0.05) is 17.5 Å². The molecule has 0 saturated heterocycles. The molecule has 64 heavy (non-hydrogen) atoms. The largest absolute Gasteiger partial charge is 0.508 e. The molecular formula is C39H61N11O12S2. The average molecular weight is 940 g/mol. The van der Waals surface area contributed by atoms with Crippen LogP contribution in [0.3, 0.4) is 0 Å². The first-order valence-corrected chi connectivity index (χ1v) is 21.3. The summed E-state index contributed by atoms with van der Waals surface area (Å²) in [6, 6.07) is -4.27. The van der Waals surface area contributed by atoms with E-state index in [0.717, 1.165) is 12.3 Å². The van der Waals surface area contributed by atoms with Crippen molar-refractivity contribution in [3.8, 4) is 5.75 Å². The van der Waals surface area contributed by atoms with Crippen molar-refractivity contribution in [3.05, 3.63) is 29.8 Å². The third-order valence-electron chi connectivity index (χ3n) is 9.39. The molecule has 0 unspecified atom stereocenters. The number of hydrogen-bond acceptors (Lipinski definition) is 15. The summed E-state index contributed by atoms with van der Waals surface area (Å²) in [5.41, 5.74) is 16.7. The van der Waals surface area contributed by atoms with Crippen LogP contribution < -0.4 is 59.7 Å². The number of benzene rings is 1. The highest BCUT2D eigenvalue weighted by Crippen LogP contribution is 2.14. The minimum absolute atomic E-state index is 0.0475. The first kappa shape index (κ1) is 56.1. The molecule has 356 valence electrons. The van der Waals surface area contributed by atoms with Crippen molar-refractivity contribution in [2.24, 2.45) is 29.0 Å². The lowest BCUT2D eigenvalue weighted by Crippen LogP contribution is -2.63. The number of carbonyl (C=O) groups is 10. The van der Waals surface area contributed by atoms with Gasteiger partial charge in [-0.25, -0.2) is 0 Å². The van der Waals surface area contributed by atoms with E-state index < -0.39 is 133 Å². The van der Waals surface area contributed by atoms with Crippen LogP contribution in [-0.2, 0) is 54.4 Å². The number of thiol groups is 1. The molecule has 10 amide bonds. The molecule has 23 nitrogen and oxygen atoms in total. The minimum atomic E-state index is -1.80. The number of phenolic OH excluding ortho intramolecular Hbond substituents is 1. The van der Waals surface area contributed by atoms with Gasteiger partial charge in [-0.2, -0.15) is 12.6 Å². The molecule has 0 aromatic heterocycles. The molecule has 0 heterocycles. The molecule has 0 fully saturated rings. The molecule has 9 atom stereocenters. The Hall–Kier alpha value is -5.92. The van der Waals surface area contributed by atoms with Crippen LogP contribution in [0.1, 0.15) is 59.4 Å². The van der Waals surface area contributed by atoms with Crippen LogP contribution in [0.2, 0.25) is 0 Å². The molecule has 16 N–H and O–H groups in total. The summed E-state index contributed by atoms with van der Waals surface area (Å²) < 4.78 is 0. The van der Waals surface area contributed by atoms with Gasteiger partial charge in [0.25, 0.3) is 0 Å². The summed E-state index contributed by atoms with van der Waals surface area (Å²) in [5.74, 6) is -10.2. The number of nitrogens with two attached hydrogens (primary N) is 3. The van der Waals surface area contributed by atoms with E-state index in [2.05, 4.69) is 55.2 Å². The third kappa shape index (κ3) is 20.1. The topological polar surface area (TPSA) is 385 Å². The second-order valence-electron chi connectivity index (χ2n) is 15.3. The Morgan fingerprint density at radius 2 is 1.19 bits per heavy atom. The zero-order valence-electron chi connectivity index (χ0n) is 36.2. The van der Waals surface area contributed by atoms with E-state index >= 15 is 0 Å². The molecule has 0 radical (unpaired) electrons. The first-order chi connectivity index (χ1) is 29.9. The SMILES string of the molecule is CC[C@H](C)[C@H](NC(=O)[C@H](Cc1ccc(O)cc1)NC(=O)[C@@H](N)C=S)C(=O)N[C@H](C(=O)N[C@@H](CC(N)=O)C(=O)N[C@@H](CS)C(=O)NCC(=O)N[C@@H](CC(C)C)C(=O)NCC(N)=O)[C@@H](C)O. The summed E-state index contributed by atoms with van der Waals surface area (Å²) in [7, 11) is 0. The van der Waals surface area contributed by atoms with Gasteiger partial charge in [-0.15, -0.1) is 0 Å². The number of primary amides is 2. The third-order valence-corrected chi connectivity index (χ3v) is 10.0. The highest BCUT2D eigenvalue weighted by Gasteiger charge is 2.36. The van der Waals surface area contributed by atoms with Crippen LogP contribution in [0.4, 0.5) is 0 Å². The monoisotopic (exact) mass is 939 g/mol. The second kappa shape index (κ2) is 28.0. The van der Waals surface area contributed by atoms with Crippen LogP contribution in [0.25, 0.3) is 0 Å². The van der Waals surface area contributed by atoms with Gasteiger partial charge in [-0.1, -0.05) is 58.5 Å². The summed E-state index contributed by atoms with van der Waals surface area (Å²) in [6.07, 6.45) is -2.07. The van der Waals surface area contributed by atoms with Crippen LogP contribution in [0.15, 0.2) is 24.3 Å². The number of thiocarbonyl (C=S) groups is 1. The van der Waals surface area contributed by atoms with Gasteiger partial charge in [-0.3, -0.25) is 47.9 Å². The maximum atomic E-state index is 13.8. The van der Waals surface area contributed by atoms with Crippen LogP contribution in [0, 0.1) is 11.8 Å². The van der Waals surface area contributed by atoms with Crippen LogP contribution >= 0.6 is 24.8 Å². The standard InChI is InChI=1S/C39H61N11O12S2/c1-6-19(4)31(49-37(60)25(46-33(56)23(40)16-63)12-21-7-9-22(52)10-8-21)38(61)50-32(20(5)51)39(62)47-26(13-28(41)53)36(59)48-27(17-64)35(58)44-15-30(55)45-24(11-18(2)3)34(57)43-14-29(42)54/h7-10,16,18-20,23-27,31-32,51-52,64H,6,11-15,17,40H2,1-5H3,(H2,41,53)(H2,42,54)(H,43,57)(H,44,58)(H,45,55)(H,46,56)(H,47,62)(H,48,59)(H,49,60)(H,50,61)/t19-,20+,23-,24-,25-,26-,27-,31-,32-/m0/s1.